The minimum atomic E-state index is 0. The maximum atomic E-state index is 5.55. The Morgan fingerprint density at radius 2 is 1.89 bits per heavy atom. The van der Waals surface area contributed by atoms with Gasteiger partial charge in [-0.05, 0) is 30.5 Å². The highest BCUT2D eigenvalue weighted by atomic mass is 35.5. The van der Waals surface area contributed by atoms with E-state index in [1.165, 1.54) is 22.4 Å². The highest BCUT2D eigenvalue weighted by Crippen LogP contribution is 2.23. The van der Waals surface area contributed by atoms with Crippen LogP contribution in [0.4, 0.5) is 0 Å². The minimum Gasteiger partial charge on any atom is -0.330 e. The first-order valence-electron chi connectivity index (χ1n) is 6.06. The average molecular weight is 266 g/mol. The molecule has 0 aliphatic heterocycles. The van der Waals surface area contributed by atoms with Gasteiger partial charge in [-0.1, -0.05) is 31.2 Å². The van der Waals surface area contributed by atoms with Gasteiger partial charge in [0.15, 0.2) is 0 Å². The molecule has 2 aromatic rings. The predicted octanol–water partition coefficient (Wildman–Crippen LogP) is 2.57. The molecule has 1 heterocycles. The molecule has 0 saturated carbocycles. The van der Waals surface area contributed by atoms with Crippen molar-refractivity contribution >= 4 is 12.4 Å². The lowest BCUT2D eigenvalue weighted by atomic mass is 10.0. The largest absolute Gasteiger partial charge is 0.330 e. The lowest BCUT2D eigenvalue weighted by Crippen LogP contribution is -2.02. The van der Waals surface area contributed by atoms with Gasteiger partial charge in [-0.2, -0.15) is 5.10 Å². The molecule has 0 aliphatic carbocycles. The first kappa shape index (κ1) is 14.7. The van der Waals surface area contributed by atoms with Crippen LogP contribution in [-0.4, -0.2) is 16.3 Å². The Balaban J connectivity index is 0.00000162. The van der Waals surface area contributed by atoms with Crippen LogP contribution in [0.15, 0.2) is 30.5 Å². The van der Waals surface area contributed by atoms with E-state index in [9.17, 15) is 0 Å². The molecule has 0 spiro atoms. The van der Waals surface area contributed by atoms with E-state index in [0.717, 1.165) is 12.8 Å². The first-order valence-corrected chi connectivity index (χ1v) is 6.06. The zero-order valence-electron chi connectivity index (χ0n) is 10.9. The summed E-state index contributed by atoms with van der Waals surface area (Å²) in [6.45, 7) is 2.86. The van der Waals surface area contributed by atoms with Crippen molar-refractivity contribution in [3.8, 4) is 11.1 Å². The van der Waals surface area contributed by atoms with E-state index in [1.807, 2.05) is 17.9 Å². The Hall–Kier alpha value is -1.32. The van der Waals surface area contributed by atoms with Crippen molar-refractivity contribution in [2.75, 3.05) is 6.54 Å². The lowest BCUT2D eigenvalue weighted by Gasteiger charge is -2.05. The van der Waals surface area contributed by atoms with Gasteiger partial charge in [0.25, 0.3) is 0 Å². The van der Waals surface area contributed by atoms with Crippen molar-refractivity contribution in [1.82, 2.24) is 9.78 Å². The van der Waals surface area contributed by atoms with E-state index in [4.69, 9.17) is 5.73 Å². The SMILES string of the molecule is CCc1c(-c2ccc(CCN)cc2)cnn1C.Cl. The topological polar surface area (TPSA) is 43.8 Å². The molecule has 4 heteroatoms. The monoisotopic (exact) mass is 265 g/mol. The van der Waals surface area contributed by atoms with E-state index < -0.39 is 0 Å². The van der Waals surface area contributed by atoms with Gasteiger partial charge in [-0.25, -0.2) is 0 Å². The molecule has 1 aromatic carbocycles. The van der Waals surface area contributed by atoms with Crippen molar-refractivity contribution < 1.29 is 0 Å². The predicted molar refractivity (Wildman–Crippen MR) is 78.0 cm³/mol. The van der Waals surface area contributed by atoms with Gasteiger partial charge in [-0.3, -0.25) is 4.68 Å². The standard InChI is InChI=1S/C14H19N3.ClH/c1-3-14-13(10-16-17(14)2)12-6-4-11(5-7-12)8-9-15;/h4-7,10H,3,8-9,15H2,1-2H3;1H. The molecule has 0 amide bonds. The van der Waals surface area contributed by atoms with Gasteiger partial charge in [0.05, 0.1) is 6.20 Å². The van der Waals surface area contributed by atoms with Gasteiger partial charge in [0, 0.05) is 18.3 Å². The highest BCUT2D eigenvalue weighted by molar-refractivity contribution is 5.85. The van der Waals surface area contributed by atoms with Gasteiger partial charge in [-0.15, -0.1) is 12.4 Å². The molecule has 2 N–H and O–H groups in total. The molecule has 0 fully saturated rings. The molecule has 1 aromatic heterocycles. The molecular formula is C14H20ClN3. The van der Waals surface area contributed by atoms with Crippen LogP contribution >= 0.6 is 12.4 Å². The number of aryl methyl sites for hydroxylation is 1. The Morgan fingerprint density at radius 3 is 2.44 bits per heavy atom. The quantitative estimate of drug-likeness (QED) is 0.923. The van der Waals surface area contributed by atoms with E-state index >= 15 is 0 Å². The molecular weight excluding hydrogens is 246 g/mol. The Bertz CT molecular complexity index is 488. The van der Waals surface area contributed by atoms with Crippen LogP contribution in [0.2, 0.25) is 0 Å². The van der Waals surface area contributed by atoms with Gasteiger partial charge in [0.2, 0.25) is 0 Å². The smallest absolute Gasteiger partial charge is 0.0571 e. The van der Waals surface area contributed by atoms with Crippen molar-refractivity contribution in [3.63, 3.8) is 0 Å². The van der Waals surface area contributed by atoms with Crippen LogP contribution in [0.5, 0.6) is 0 Å². The molecule has 0 bridgehead atoms. The van der Waals surface area contributed by atoms with E-state index in [1.54, 1.807) is 0 Å². The van der Waals surface area contributed by atoms with Crippen LogP contribution in [0, 0.1) is 0 Å². The fraction of sp³-hybridized carbons (Fsp3) is 0.357. The summed E-state index contributed by atoms with van der Waals surface area (Å²) >= 11 is 0. The molecule has 98 valence electrons. The van der Waals surface area contributed by atoms with Crippen LogP contribution in [0.25, 0.3) is 11.1 Å². The van der Waals surface area contributed by atoms with E-state index in [2.05, 4.69) is 36.3 Å². The van der Waals surface area contributed by atoms with Crippen molar-refractivity contribution in [2.24, 2.45) is 12.8 Å². The summed E-state index contributed by atoms with van der Waals surface area (Å²) in [5.74, 6) is 0. The van der Waals surface area contributed by atoms with Crippen LogP contribution in [0.1, 0.15) is 18.2 Å². The normalized spacial score (nSPS) is 10.2. The number of hydrogen-bond acceptors (Lipinski definition) is 2. The van der Waals surface area contributed by atoms with E-state index in [-0.39, 0.29) is 12.4 Å². The third kappa shape index (κ3) is 2.92. The summed E-state index contributed by atoms with van der Waals surface area (Å²) in [6, 6.07) is 8.60. The average Bonchev–Trinajstić information content (AvgIpc) is 2.72. The maximum absolute atomic E-state index is 5.55. The van der Waals surface area contributed by atoms with Gasteiger partial charge >= 0.3 is 0 Å². The molecule has 0 radical (unpaired) electrons. The summed E-state index contributed by atoms with van der Waals surface area (Å²) in [6.07, 6.45) is 3.88. The van der Waals surface area contributed by atoms with Crippen LogP contribution < -0.4 is 5.73 Å². The summed E-state index contributed by atoms with van der Waals surface area (Å²) in [5.41, 5.74) is 10.6. The van der Waals surface area contributed by atoms with Crippen molar-refractivity contribution in [2.45, 2.75) is 19.8 Å². The van der Waals surface area contributed by atoms with Crippen molar-refractivity contribution in [3.05, 3.63) is 41.7 Å². The second kappa shape index (κ2) is 6.57. The Labute approximate surface area is 114 Å². The summed E-state index contributed by atoms with van der Waals surface area (Å²) < 4.78 is 1.95. The second-order valence-electron chi connectivity index (χ2n) is 4.22. The number of benzene rings is 1. The Morgan fingerprint density at radius 1 is 1.22 bits per heavy atom. The fourth-order valence-electron chi connectivity index (χ4n) is 2.14. The van der Waals surface area contributed by atoms with Gasteiger partial charge < -0.3 is 5.73 Å². The second-order valence-corrected chi connectivity index (χ2v) is 4.22. The summed E-state index contributed by atoms with van der Waals surface area (Å²) in [4.78, 5) is 0. The summed E-state index contributed by atoms with van der Waals surface area (Å²) in [7, 11) is 1.99. The molecule has 0 aliphatic rings. The molecule has 3 nitrogen and oxygen atoms in total. The molecule has 18 heavy (non-hydrogen) atoms. The summed E-state index contributed by atoms with van der Waals surface area (Å²) in [5, 5.41) is 4.32. The minimum absolute atomic E-state index is 0. The third-order valence-electron chi connectivity index (χ3n) is 3.09. The van der Waals surface area contributed by atoms with Crippen LogP contribution in [-0.2, 0) is 19.9 Å². The number of nitrogens with zero attached hydrogens (tertiary/aromatic N) is 2. The van der Waals surface area contributed by atoms with Crippen LogP contribution in [0.3, 0.4) is 0 Å². The molecule has 0 atom stereocenters. The maximum Gasteiger partial charge on any atom is 0.0571 e. The Kier molecular flexibility index (Phi) is 5.38. The first-order chi connectivity index (χ1) is 8.26. The molecule has 0 unspecified atom stereocenters. The number of hydrogen-bond donors (Lipinski definition) is 1. The zero-order chi connectivity index (χ0) is 12.3. The number of rotatable bonds is 4. The number of halogens is 1. The van der Waals surface area contributed by atoms with Crippen molar-refractivity contribution in [1.29, 1.82) is 0 Å². The molecule has 0 saturated heterocycles. The molecule has 2 rings (SSSR count). The number of nitrogens with two attached hydrogens (primary N) is 1. The van der Waals surface area contributed by atoms with E-state index in [0.29, 0.717) is 6.54 Å². The zero-order valence-corrected chi connectivity index (χ0v) is 11.7. The number of aromatic nitrogens is 2. The fourth-order valence-corrected chi connectivity index (χ4v) is 2.14. The lowest BCUT2D eigenvalue weighted by molar-refractivity contribution is 0.718. The third-order valence-corrected chi connectivity index (χ3v) is 3.09. The highest BCUT2D eigenvalue weighted by Gasteiger charge is 2.08. The van der Waals surface area contributed by atoms with Gasteiger partial charge in [0.1, 0.15) is 0 Å².